The van der Waals surface area contributed by atoms with Gasteiger partial charge >= 0.3 is 6.16 Å². The average Bonchev–Trinajstić information content (AvgIpc) is 2.38. The van der Waals surface area contributed by atoms with Gasteiger partial charge in [-0.05, 0) is 30.5 Å². The molecule has 0 saturated carbocycles. The van der Waals surface area contributed by atoms with Gasteiger partial charge in [0.25, 0.3) is 0 Å². The van der Waals surface area contributed by atoms with Crippen LogP contribution in [0.15, 0.2) is 12.1 Å². The molecular weight excluding hydrogens is 248 g/mol. The van der Waals surface area contributed by atoms with Crippen molar-refractivity contribution in [2.24, 2.45) is 0 Å². The first kappa shape index (κ1) is 15.1. The molecule has 0 aromatic heterocycles. The maximum Gasteiger partial charge on any atom is 0.514 e. The van der Waals surface area contributed by atoms with E-state index in [-0.39, 0.29) is 12.4 Å². The van der Waals surface area contributed by atoms with E-state index in [9.17, 15) is 4.79 Å². The fourth-order valence-corrected chi connectivity index (χ4v) is 1.56. The summed E-state index contributed by atoms with van der Waals surface area (Å²) in [5, 5.41) is 0. The Morgan fingerprint density at radius 3 is 2.05 bits per heavy atom. The van der Waals surface area contributed by atoms with Crippen LogP contribution in [0, 0.1) is 0 Å². The van der Waals surface area contributed by atoms with Crippen molar-refractivity contribution < 1.29 is 23.7 Å². The minimum absolute atomic E-state index is 0.229. The summed E-state index contributed by atoms with van der Waals surface area (Å²) in [4.78, 5) is 11.4. The Balaban J connectivity index is 3.17. The van der Waals surface area contributed by atoms with Gasteiger partial charge in [0, 0.05) is 0 Å². The highest BCUT2D eigenvalue weighted by Gasteiger charge is 2.19. The second kappa shape index (κ2) is 6.87. The Morgan fingerprint density at radius 1 is 1.16 bits per heavy atom. The molecule has 1 aromatic carbocycles. The highest BCUT2D eigenvalue weighted by molar-refractivity contribution is 5.68. The predicted octanol–water partition coefficient (Wildman–Crippen LogP) is 3.36. The fraction of sp³-hybridized carbons (Fsp3) is 0.500. The second-order valence-electron chi connectivity index (χ2n) is 4.19. The molecule has 0 amide bonds. The highest BCUT2D eigenvalue weighted by Crippen LogP contribution is 2.40. The van der Waals surface area contributed by atoms with Gasteiger partial charge in [0.05, 0.1) is 20.8 Å². The number of hydrogen-bond donors (Lipinski definition) is 0. The Hall–Kier alpha value is -1.91. The van der Waals surface area contributed by atoms with Gasteiger partial charge in [-0.25, -0.2) is 4.79 Å². The number of rotatable bonds is 5. The van der Waals surface area contributed by atoms with Gasteiger partial charge in [-0.2, -0.15) is 0 Å². The molecule has 0 heterocycles. The van der Waals surface area contributed by atoms with Gasteiger partial charge in [-0.15, -0.1) is 0 Å². The molecule has 0 spiro atoms. The standard InChI is InChI=1S/C14H20O5/c1-6-18-14(15)19-13-11(16-4)7-10(9(2)3)8-12(13)17-5/h7-9H,6H2,1-5H3. The van der Waals surface area contributed by atoms with Crippen molar-refractivity contribution in [3.63, 3.8) is 0 Å². The number of ether oxygens (including phenoxy) is 4. The first-order chi connectivity index (χ1) is 9.03. The average molecular weight is 268 g/mol. The summed E-state index contributed by atoms with van der Waals surface area (Å²) in [7, 11) is 3.02. The van der Waals surface area contributed by atoms with Gasteiger partial charge in [-0.3, -0.25) is 0 Å². The fourth-order valence-electron chi connectivity index (χ4n) is 1.56. The maximum absolute atomic E-state index is 11.4. The molecule has 0 saturated heterocycles. The zero-order valence-electron chi connectivity index (χ0n) is 12.0. The highest BCUT2D eigenvalue weighted by atomic mass is 16.7. The SMILES string of the molecule is CCOC(=O)Oc1c(OC)cc(C(C)C)cc1OC. The Labute approximate surface area is 113 Å². The van der Waals surface area contributed by atoms with Gasteiger partial charge < -0.3 is 18.9 Å². The van der Waals surface area contributed by atoms with Crippen LogP contribution < -0.4 is 14.2 Å². The lowest BCUT2D eigenvalue weighted by molar-refractivity contribution is 0.102. The summed E-state index contributed by atoms with van der Waals surface area (Å²) in [5.41, 5.74) is 1.03. The first-order valence-electron chi connectivity index (χ1n) is 6.14. The van der Waals surface area contributed by atoms with Crippen molar-refractivity contribution in [2.45, 2.75) is 26.7 Å². The van der Waals surface area contributed by atoms with E-state index in [2.05, 4.69) is 13.8 Å². The molecular formula is C14H20O5. The number of hydrogen-bond acceptors (Lipinski definition) is 5. The van der Waals surface area contributed by atoms with Crippen molar-refractivity contribution in [3.05, 3.63) is 17.7 Å². The Kier molecular flexibility index (Phi) is 5.48. The molecule has 0 aliphatic heterocycles. The lowest BCUT2D eigenvalue weighted by Gasteiger charge is -2.16. The van der Waals surface area contributed by atoms with E-state index < -0.39 is 6.16 Å². The van der Waals surface area contributed by atoms with E-state index in [1.165, 1.54) is 14.2 Å². The molecule has 0 atom stereocenters. The van der Waals surface area contributed by atoms with Gasteiger partial charge in [0.1, 0.15) is 0 Å². The molecule has 0 aliphatic carbocycles. The van der Waals surface area contributed by atoms with Crippen LogP contribution in [-0.4, -0.2) is 27.0 Å². The molecule has 0 N–H and O–H groups in total. The molecule has 1 aromatic rings. The lowest BCUT2D eigenvalue weighted by Crippen LogP contribution is -2.12. The summed E-state index contributed by atoms with van der Waals surface area (Å²) in [6.07, 6.45) is -0.781. The molecule has 0 aliphatic rings. The minimum Gasteiger partial charge on any atom is -0.493 e. The molecule has 0 unspecified atom stereocenters. The van der Waals surface area contributed by atoms with Crippen LogP contribution in [0.25, 0.3) is 0 Å². The van der Waals surface area contributed by atoms with E-state index in [1.807, 2.05) is 12.1 Å². The smallest absolute Gasteiger partial charge is 0.493 e. The largest absolute Gasteiger partial charge is 0.514 e. The molecule has 19 heavy (non-hydrogen) atoms. The summed E-state index contributed by atoms with van der Waals surface area (Å²) in [6.45, 7) is 6.06. The molecule has 1 rings (SSSR count). The van der Waals surface area contributed by atoms with Crippen molar-refractivity contribution in [2.75, 3.05) is 20.8 Å². The first-order valence-corrected chi connectivity index (χ1v) is 6.14. The second-order valence-corrected chi connectivity index (χ2v) is 4.19. The van der Waals surface area contributed by atoms with Gasteiger partial charge in [0.2, 0.25) is 5.75 Å². The van der Waals surface area contributed by atoms with E-state index >= 15 is 0 Å². The van der Waals surface area contributed by atoms with E-state index in [4.69, 9.17) is 18.9 Å². The number of carbonyl (C=O) groups excluding carboxylic acids is 1. The number of benzene rings is 1. The van der Waals surface area contributed by atoms with E-state index in [0.717, 1.165) is 5.56 Å². The van der Waals surface area contributed by atoms with Crippen LogP contribution in [0.1, 0.15) is 32.3 Å². The zero-order valence-corrected chi connectivity index (χ0v) is 12.0. The van der Waals surface area contributed by atoms with E-state index in [0.29, 0.717) is 17.4 Å². The van der Waals surface area contributed by atoms with Crippen molar-refractivity contribution >= 4 is 6.16 Å². The number of methoxy groups -OCH3 is 2. The van der Waals surface area contributed by atoms with Gasteiger partial charge in [0.15, 0.2) is 11.5 Å². The van der Waals surface area contributed by atoms with Crippen LogP contribution >= 0.6 is 0 Å². The van der Waals surface area contributed by atoms with Crippen LogP contribution in [0.4, 0.5) is 4.79 Å². The normalized spacial score (nSPS) is 10.2. The lowest BCUT2D eigenvalue weighted by atomic mass is 10.0. The molecule has 106 valence electrons. The third-order valence-corrected chi connectivity index (χ3v) is 2.60. The summed E-state index contributed by atoms with van der Waals surface area (Å²) < 4.78 is 20.4. The molecule has 5 heteroatoms. The summed E-state index contributed by atoms with van der Waals surface area (Å²) in [5.74, 6) is 1.42. The van der Waals surface area contributed by atoms with Crippen LogP contribution in [0.2, 0.25) is 0 Å². The Morgan fingerprint density at radius 2 is 1.68 bits per heavy atom. The minimum atomic E-state index is -0.781. The van der Waals surface area contributed by atoms with Crippen molar-refractivity contribution in [3.8, 4) is 17.2 Å². The molecule has 0 fully saturated rings. The monoisotopic (exact) mass is 268 g/mol. The van der Waals surface area contributed by atoms with E-state index in [1.54, 1.807) is 6.92 Å². The van der Waals surface area contributed by atoms with Crippen LogP contribution in [0.5, 0.6) is 17.2 Å². The third kappa shape index (κ3) is 3.77. The van der Waals surface area contributed by atoms with Crippen LogP contribution in [0.3, 0.4) is 0 Å². The van der Waals surface area contributed by atoms with Gasteiger partial charge in [-0.1, -0.05) is 13.8 Å². The number of carbonyl (C=O) groups is 1. The van der Waals surface area contributed by atoms with Crippen molar-refractivity contribution in [1.82, 2.24) is 0 Å². The topological polar surface area (TPSA) is 54.0 Å². The molecule has 5 nitrogen and oxygen atoms in total. The molecule has 0 radical (unpaired) electrons. The summed E-state index contributed by atoms with van der Waals surface area (Å²) >= 11 is 0. The molecule has 0 bridgehead atoms. The Bertz CT molecular complexity index is 414. The predicted molar refractivity (Wildman–Crippen MR) is 71.3 cm³/mol. The summed E-state index contributed by atoms with van der Waals surface area (Å²) in [6, 6.07) is 3.64. The van der Waals surface area contributed by atoms with Crippen LogP contribution in [-0.2, 0) is 4.74 Å². The van der Waals surface area contributed by atoms with Crippen molar-refractivity contribution in [1.29, 1.82) is 0 Å². The maximum atomic E-state index is 11.4. The zero-order chi connectivity index (χ0) is 14.4. The third-order valence-electron chi connectivity index (χ3n) is 2.60. The quantitative estimate of drug-likeness (QED) is 0.605.